The van der Waals surface area contributed by atoms with Crippen molar-refractivity contribution in [2.24, 2.45) is 5.10 Å². The maximum atomic E-state index is 12.3. The van der Waals surface area contributed by atoms with Crippen LogP contribution in [0.25, 0.3) is 5.69 Å². The Labute approximate surface area is 153 Å². The zero-order valence-corrected chi connectivity index (χ0v) is 14.6. The van der Waals surface area contributed by atoms with Crippen LogP contribution < -0.4 is 5.43 Å². The first kappa shape index (κ1) is 16.4. The van der Waals surface area contributed by atoms with Gasteiger partial charge in [0, 0.05) is 47.6 Å². The van der Waals surface area contributed by atoms with E-state index in [1.54, 1.807) is 12.3 Å². The predicted octanol–water partition coefficient (Wildman–Crippen LogP) is 4.16. The smallest absolute Gasteiger partial charge is 0.271 e. The normalized spacial score (nSPS) is 14.9. The van der Waals surface area contributed by atoms with Gasteiger partial charge in [-0.1, -0.05) is 18.9 Å². The summed E-state index contributed by atoms with van der Waals surface area (Å²) in [7, 11) is 0. The summed E-state index contributed by atoms with van der Waals surface area (Å²) in [6.45, 7) is 0. The lowest BCUT2D eigenvalue weighted by atomic mass is 10.2. The number of hydrogen-bond donors (Lipinski definition) is 1. The minimum atomic E-state index is -0.217. The van der Waals surface area contributed by atoms with Crippen molar-refractivity contribution in [3.63, 3.8) is 0 Å². The fourth-order valence-corrected chi connectivity index (χ4v) is 3.48. The summed E-state index contributed by atoms with van der Waals surface area (Å²) in [5.41, 5.74) is 5.13. The van der Waals surface area contributed by atoms with E-state index in [1.165, 1.54) is 25.7 Å². The summed E-state index contributed by atoms with van der Waals surface area (Å²) in [5.74, 6) is -0.217. The fraction of sp³-hybridized carbons (Fsp3) is 0.238. The van der Waals surface area contributed by atoms with E-state index < -0.39 is 0 Å². The predicted molar refractivity (Wildman–Crippen MR) is 103 cm³/mol. The van der Waals surface area contributed by atoms with E-state index in [4.69, 9.17) is 0 Å². The van der Waals surface area contributed by atoms with Gasteiger partial charge in [0.05, 0.1) is 6.21 Å². The van der Waals surface area contributed by atoms with Crippen molar-refractivity contribution in [1.29, 1.82) is 0 Å². The molecule has 0 aliphatic heterocycles. The van der Waals surface area contributed by atoms with E-state index >= 15 is 0 Å². The van der Waals surface area contributed by atoms with E-state index in [-0.39, 0.29) is 5.91 Å². The molecule has 0 unspecified atom stereocenters. The molecule has 5 heteroatoms. The Hall–Kier alpha value is -3.08. The first-order chi connectivity index (χ1) is 12.8. The molecular weight excluding hydrogens is 324 g/mol. The number of hydrazone groups is 1. The van der Waals surface area contributed by atoms with Crippen LogP contribution in [0.15, 0.2) is 72.4 Å². The number of carbonyl (C=O) groups excluding carboxylic acids is 1. The summed E-state index contributed by atoms with van der Waals surface area (Å²) in [6, 6.07) is 14.0. The molecular formula is C21H22N4O. The van der Waals surface area contributed by atoms with Gasteiger partial charge < -0.3 is 9.13 Å². The molecule has 0 atom stereocenters. The van der Waals surface area contributed by atoms with Gasteiger partial charge in [0.2, 0.25) is 0 Å². The summed E-state index contributed by atoms with van der Waals surface area (Å²) in [4.78, 5) is 12.3. The van der Waals surface area contributed by atoms with Crippen LogP contribution in [0.4, 0.5) is 0 Å². The van der Waals surface area contributed by atoms with Gasteiger partial charge in [0.25, 0.3) is 5.91 Å². The van der Waals surface area contributed by atoms with E-state index in [2.05, 4.69) is 27.5 Å². The van der Waals surface area contributed by atoms with Crippen molar-refractivity contribution in [2.45, 2.75) is 31.7 Å². The second-order valence-corrected chi connectivity index (χ2v) is 6.67. The Bertz CT molecular complexity index is 902. The molecule has 1 amide bonds. The molecule has 1 N–H and O–H groups in total. The van der Waals surface area contributed by atoms with Crippen molar-refractivity contribution in [3.05, 3.63) is 78.4 Å². The Morgan fingerprint density at radius 1 is 1.08 bits per heavy atom. The minimum absolute atomic E-state index is 0.217. The topological polar surface area (TPSA) is 51.3 Å². The Morgan fingerprint density at radius 2 is 1.88 bits per heavy atom. The Balaban J connectivity index is 1.39. The van der Waals surface area contributed by atoms with Crippen LogP contribution in [-0.4, -0.2) is 21.3 Å². The van der Waals surface area contributed by atoms with Gasteiger partial charge >= 0.3 is 0 Å². The molecule has 1 saturated carbocycles. The molecule has 1 aliphatic rings. The number of hydrogen-bond acceptors (Lipinski definition) is 2. The summed E-state index contributed by atoms with van der Waals surface area (Å²) in [6.07, 6.45) is 14.9. The van der Waals surface area contributed by atoms with Crippen molar-refractivity contribution >= 4 is 12.1 Å². The highest BCUT2D eigenvalue weighted by atomic mass is 16.2. The van der Waals surface area contributed by atoms with Crippen molar-refractivity contribution < 1.29 is 4.79 Å². The molecule has 0 saturated heterocycles. The molecule has 132 valence electrons. The molecule has 1 fully saturated rings. The maximum Gasteiger partial charge on any atom is 0.271 e. The first-order valence-electron chi connectivity index (χ1n) is 9.04. The lowest BCUT2D eigenvalue weighted by Gasteiger charge is -2.10. The number of nitrogens with one attached hydrogen (secondary N) is 1. The zero-order valence-electron chi connectivity index (χ0n) is 14.6. The summed E-state index contributed by atoms with van der Waals surface area (Å²) < 4.78 is 4.22. The molecule has 1 aliphatic carbocycles. The van der Waals surface area contributed by atoms with Crippen LogP contribution in [0.5, 0.6) is 0 Å². The lowest BCUT2D eigenvalue weighted by Crippen LogP contribution is -2.17. The molecule has 3 aromatic rings. The van der Waals surface area contributed by atoms with Crippen LogP contribution in [-0.2, 0) is 0 Å². The number of aromatic nitrogens is 2. The van der Waals surface area contributed by atoms with Crippen LogP contribution in [0.3, 0.4) is 0 Å². The highest BCUT2D eigenvalue weighted by Gasteiger charge is 2.15. The monoisotopic (exact) mass is 346 g/mol. The fourth-order valence-electron chi connectivity index (χ4n) is 3.48. The van der Waals surface area contributed by atoms with Crippen molar-refractivity contribution in [1.82, 2.24) is 14.6 Å². The molecule has 0 radical (unpaired) electrons. The number of rotatable bonds is 5. The highest BCUT2D eigenvalue weighted by Crippen LogP contribution is 2.29. The lowest BCUT2D eigenvalue weighted by molar-refractivity contribution is 0.0955. The molecule has 26 heavy (non-hydrogen) atoms. The molecule has 2 aromatic heterocycles. The average molecular weight is 346 g/mol. The standard InChI is InChI=1S/C21H22N4O/c26-21(18-6-5-9-20(14-18)24-11-3-4-12-24)23-22-15-17-10-13-25(16-17)19-7-1-2-8-19/h3-6,9-16,19H,1-2,7-8H2,(H,23,26)/b22-15+. The van der Waals surface area contributed by atoms with Gasteiger partial charge in [-0.15, -0.1) is 0 Å². The molecule has 2 heterocycles. The third kappa shape index (κ3) is 3.61. The summed E-state index contributed by atoms with van der Waals surface area (Å²) >= 11 is 0. The Morgan fingerprint density at radius 3 is 2.69 bits per heavy atom. The third-order valence-corrected chi connectivity index (χ3v) is 4.87. The zero-order chi connectivity index (χ0) is 17.8. The molecule has 0 spiro atoms. The average Bonchev–Trinajstić information content (AvgIpc) is 3.43. The van der Waals surface area contributed by atoms with Crippen molar-refractivity contribution in [2.75, 3.05) is 0 Å². The van der Waals surface area contributed by atoms with Crippen LogP contribution in [0.2, 0.25) is 0 Å². The van der Waals surface area contributed by atoms with Gasteiger partial charge in [-0.05, 0) is 49.2 Å². The minimum Gasteiger partial charge on any atom is -0.351 e. The van der Waals surface area contributed by atoms with Crippen LogP contribution in [0, 0.1) is 0 Å². The SMILES string of the molecule is O=C(N/N=C/c1ccn(C2CCCC2)c1)c1cccc(-n2cccc2)c1. The van der Waals surface area contributed by atoms with E-state index in [0.717, 1.165) is 11.3 Å². The third-order valence-electron chi connectivity index (χ3n) is 4.87. The number of carbonyl (C=O) groups is 1. The van der Waals surface area contributed by atoms with Gasteiger partial charge in [-0.3, -0.25) is 4.79 Å². The van der Waals surface area contributed by atoms with Gasteiger partial charge in [-0.2, -0.15) is 5.10 Å². The summed E-state index contributed by atoms with van der Waals surface area (Å²) in [5, 5.41) is 4.11. The maximum absolute atomic E-state index is 12.3. The largest absolute Gasteiger partial charge is 0.351 e. The first-order valence-corrected chi connectivity index (χ1v) is 9.04. The quantitative estimate of drug-likeness (QED) is 0.547. The van der Waals surface area contributed by atoms with Gasteiger partial charge in [0.1, 0.15) is 0 Å². The highest BCUT2D eigenvalue weighted by molar-refractivity contribution is 5.95. The second kappa shape index (κ2) is 7.44. The number of nitrogens with zero attached hydrogens (tertiary/aromatic N) is 3. The molecule has 0 bridgehead atoms. The molecule has 5 nitrogen and oxygen atoms in total. The van der Waals surface area contributed by atoms with E-state index in [1.807, 2.05) is 53.4 Å². The van der Waals surface area contributed by atoms with E-state index in [0.29, 0.717) is 11.6 Å². The van der Waals surface area contributed by atoms with Gasteiger partial charge in [0.15, 0.2) is 0 Å². The number of amides is 1. The molecule has 1 aromatic carbocycles. The van der Waals surface area contributed by atoms with Crippen LogP contribution in [0.1, 0.15) is 47.6 Å². The Kier molecular flexibility index (Phi) is 4.69. The number of benzene rings is 1. The van der Waals surface area contributed by atoms with Crippen molar-refractivity contribution in [3.8, 4) is 5.69 Å². The van der Waals surface area contributed by atoms with Crippen LogP contribution >= 0.6 is 0 Å². The van der Waals surface area contributed by atoms with Gasteiger partial charge in [-0.25, -0.2) is 5.43 Å². The second-order valence-electron chi connectivity index (χ2n) is 6.67. The van der Waals surface area contributed by atoms with E-state index in [9.17, 15) is 4.79 Å². The molecule has 4 rings (SSSR count).